The number of aromatic hydroxyl groups is 1. The molecule has 3 nitrogen and oxygen atoms in total. The predicted molar refractivity (Wildman–Crippen MR) is 77.4 cm³/mol. The van der Waals surface area contributed by atoms with Gasteiger partial charge in [0.1, 0.15) is 11.5 Å². The van der Waals surface area contributed by atoms with Crippen molar-refractivity contribution in [2.24, 2.45) is 17.3 Å². The van der Waals surface area contributed by atoms with Crippen molar-refractivity contribution in [1.82, 2.24) is 0 Å². The van der Waals surface area contributed by atoms with Gasteiger partial charge < -0.3 is 10.2 Å². The second-order valence-corrected chi connectivity index (χ2v) is 6.48. The lowest BCUT2D eigenvalue weighted by Crippen LogP contribution is -2.53. The van der Waals surface area contributed by atoms with Gasteiger partial charge in [-0.1, -0.05) is 26.8 Å². The number of rotatable bonds is 2. The third-order valence-electron chi connectivity index (χ3n) is 5.16. The molecule has 0 aromatic heterocycles. The van der Waals surface area contributed by atoms with Crippen molar-refractivity contribution in [3.05, 3.63) is 35.1 Å². The molecule has 2 unspecified atom stereocenters. The molecule has 1 saturated carbocycles. The molecule has 2 bridgehead atoms. The number of aliphatic hydroxyl groups excluding tert-OH is 1. The summed E-state index contributed by atoms with van der Waals surface area (Å²) in [5.74, 6) is 0.577. The Morgan fingerprint density at radius 2 is 1.95 bits per heavy atom. The maximum absolute atomic E-state index is 12.7. The lowest BCUT2D eigenvalue weighted by molar-refractivity contribution is -0.135. The first-order chi connectivity index (χ1) is 9.37. The molecule has 1 fully saturated rings. The number of phenolic OH excluding ortho intramolecular Hbond substituents is 1. The lowest BCUT2D eigenvalue weighted by Gasteiger charge is -2.54. The fourth-order valence-corrected chi connectivity index (χ4v) is 3.70. The van der Waals surface area contributed by atoms with Crippen LogP contribution in [0.2, 0.25) is 0 Å². The number of carbonyl (C=O) groups is 1. The molecule has 3 aliphatic carbocycles. The standard InChI is InChI=1S/C17H20O3/c1-4-9-7-10(18)5-6-11(9)14-15(19)12-8-13(16(14)20)17(12,2)3/h5-7,12-13,18-19H,4,8H2,1-3H3. The maximum atomic E-state index is 12.7. The van der Waals surface area contributed by atoms with E-state index in [2.05, 4.69) is 0 Å². The Morgan fingerprint density at radius 3 is 2.50 bits per heavy atom. The van der Waals surface area contributed by atoms with Gasteiger partial charge >= 0.3 is 0 Å². The van der Waals surface area contributed by atoms with E-state index >= 15 is 0 Å². The van der Waals surface area contributed by atoms with E-state index in [0.29, 0.717) is 12.0 Å². The molecule has 2 atom stereocenters. The van der Waals surface area contributed by atoms with E-state index in [1.165, 1.54) is 0 Å². The number of allylic oxidation sites excluding steroid dienone is 2. The first kappa shape index (κ1) is 13.2. The summed E-state index contributed by atoms with van der Waals surface area (Å²) < 4.78 is 0. The van der Waals surface area contributed by atoms with Crippen molar-refractivity contribution in [1.29, 1.82) is 0 Å². The molecular formula is C17H20O3. The van der Waals surface area contributed by atoms with Crippen molar-refractivity contribution in [2.75, 3.05) is 0 Å². The minimum absolute atomic E-state index is 0.0110. The van der Waals surface area contributed by atoms with Gasteiger partial charge in [0.05, 0.1) is 5.57 Å². The molecule has 0 saturated heterocycles. The molecule has 3 aliphatic rings. The van der Waals surface area contributed by atoms with Crippen LogP contribution in [-0.4, -0.2) is 16.0 Å². The van der Waals surface area contributed by atoms with Gasteiger partial charge in [-0.25, -0.2) is 0 Å². The molecule has 1 aromatic rings. The van der Waals surface area contributed by atoms with Crippen LogP contribution in [-0.2, 0) is 11.2 Å². The van der Waals surface area contributed by atoms with Crippen molar-refractivity contribution in [3.8, 4) is 5.75 Å². The molecule has 0 heterocycles. The first-order valence-corrected chi connectivity index (χ1v) is 7.17. The van der Waals surface area contributed by atoms with Crippen LogP contribution >= 0.6 is 0 Å². The van der Waals surface area contributed by atoms with Gasteiger partial charge in [0, 0.05) is 11.8 Å². The summed E-state index contributed by atoms with van der Waals surface area (Å²) in [7, 11) is 0. The minimum Gasteiger partial charge on any atom is -0.511 e. The Morgan fingerprint density at radius 1 is 1.25 bits per heavy atom. The van der Waals surface area contributed by atoms with Gasteiger partial charge in [-0.3, -0.25) is 4.79 Å². The largest absolute Gasteiger partial charge is 0.511 e. The maximum Gasteiger partial charge on any atom is 0.170 e. The number of phenols is 1. The van der Waals surface area contributed by atoms with Crippen molar-refractivity contribution in [3.63, 3.8) is 0 Å². The number of aryl methyl sites for hydroxylation is 1. The van der Waals surface area contributed by atoms with E-state index in [1.807, 2.05) is 20.8 Å². The number of ketones is 1. The minimum atomic E-state index is -0.131. The van der Waals surface area contributed by atoms with Crippen LogP contribution in [0.1, 0.15) is 38.3 Å². The molecule has 0 aliphatic heterocycles. The smallest absolute Gasteiger partial charge is 0.170 e. The van der Waals surface area contributed by atoms with Gasteiger partial charge in [0.2, 0.25) is 0 Å². The topological polar surface area (TPSA) is 57.5 Å². The monoisotopic (exact) mass is 272 g/mol. The van der Waals surface area contributed by atoms with Gasteiger partial charge in [0.15, 0.2) is 5.78 Å². The number of carbonyl (C=O) groups excluding carboxylic acids is 1. The average molecular weight is 272 g/mol. The van der Waals surface area contributed by atoms with Crippen LogP contribution in [0.5, 0.6) is 5.75 Å². The number of hydrogen-bond acceptors (Lipinski definition) is 3. The van der Waals surface area contributed by atoms with Crippen molar-refractivity contribution >= 4 is 11.4 Å². The molecular weight excluding hydrogens is 252 g/mol. The highest BCUT2D eigenvalue weighted by atomic mass is 16.3. The number of hydrogen-bond donors (Lipinski definition) is 2. The summed E-state index contributed by atoms with van der Waals surface area (Å²) in [5, 5.41) is 20.1. The quantitative estimate of drug-likeness (QED) is 0.866. The zero-order valence-corrected chi connectivity index (χ0v) is 12.1. The van der Waals surface area contributed by atoms with E-state index in [0.717, 1.165) is 17.5 Å². The highest BCUT2D eigenvalue weighted by molar-refractivity contribution is 6.24. The third-order valence-corrected chi connectivity index (χ3v) is 5.16. The molecule has 2 N–H and O–H groups in total. The highest BCUT2D eigenvalue weighted by Crippen LogP contribution is 2.60. The fraction of sp³-hybridized carbons (Fsp3) is 0.471. The first-order valence-electron chi connectivity index (χ1n) is 7.17. The van der Waals surface area contributed by atoms with Crippen LogP contribution in [0.4, 0.5) is 0 Å². The number of fused-ring (bicyclic) bond motifs is 1. The van der Waals surface area contributed by atoms with Gasteiger partial charge in [0.25, 0.3) is 0 Å². The van der Waals surface area contributed by atoms with Gasteiger partial charge in [-0.05, 0) is 41.5 Å². The number of benzene rings is 1. The summed E-state index contributed by atoms with van der Waals surface area (Å²) >= 11 is 0. The second-order valence-electron chi connectivity index (χ2n) is 6.48. The molecule has 0 radical (unpaired) electrons. The summed E-state index contributed by atoms with van der Waals surface area (Å²) in [6.45, 7) is 6.08. The summed E-state index contributed by atoms with van der Waals surface area (Å²) in [5.41, 5.74) is 2.02. The normalized spacial score (nSPS) is 27.4. The Bertz CT molecular complexity index is 625. The molecule has 106 valence electrons. The Balaban J connectivity index is 2.16. The van der Waals surface area contributed by atoms with Crippen LogP contribution in [0.15, 0.2) is 24.0 Å². The van der Waals surface area contributed by atoms with Gasteiger partial charge in [-0.15, -0.1) is 0 Å². The van der Waals surface area contributed by atoms with E-state index in [4.69, 9.17) is 0 Å². The highest BCUT2D eigenvalue weighted by Gasteiger charge is 2.58. The van der Waals surface area contributed by atoms with Crippen LogP contribution in [0, 0.1) is 17.3 Å². The molecule has 20 heavy (non-hydrogen) atoms. The lowest BCUT2D eigenvalue weighted by atomic mass is 9.48. The van der Waals surface area contributed by atoms with Crippen molar-refractivity contribution < 1.29 is 15.0 Å². The zero-order valence-electron chi connectivity index (χ0n) is 12.1. The van der Waals surface area contributed by atoms with Crippen molar-refractivity contribution in [2.45, 2.75) is 33.6 Å². The Hall–Kier alpha value is -1.77. The van der Waals surface area contributed by atoms with Crippen LogP contribution < -0.4 is 0 Å². The molecule has 3 heteroatoms. The van der Waals surface area contributed by atoms with E-state index in [1.54, 1.807) is 18.2 Å². The number of Topliss-reactive ketones (excluding diaryl/α,β-unsaturated/α-hetero) is 1. The second kappa shape index (κ2) is 4.11. The number of aliphatic hydroxyl groups is 1. The molecule has 4 rings (SSSR count). The van der Waals surface area contributed by atoms with Crippen LogP contribution in [0.25, 0.3) is 5.57 Å². The zero-order chi connectivity index (χ0) is 14.7. The Labute approximate surface area is 118 Å². The Kier molecular flexibility index (Phi) is 2.72. The SMILES string of the molecule is CCc1cc(O)ccc1C1=C(O)C2CC(C1=O)C2(C)C. The third kappa shape index (κ3) is 1.55. The summed E-state index contributed by atoms with van der Waals surface area (Å²) in [6, 6.07) is 5.00. The van der Waals surface area contributed by atoms with E-state index < -0.39 is 0 Å². The molecule has 0 spiro atoms. The fourth-order valence-electron chi connectivity index (χ4n) is 3.70. The van der Waals surface area contributed by atoms with Crippen LogP contribution in [0.3, 0.4) is 0 Å². The van der Waals surface area contributed by atoms with Gasteiger partial charge in [-0.2, -0.15) is 0 Å². The predicted octanol–water partition coefficient (Wildman–Crippen LogP) is 3.47. The van der Waals surface area contributed by atoms with E-state index in [-0.39, 0.29) is 34.5 Å². The molecule has 1 aromatic carbocycles. The average Bonchev–Trinajstić information content (AvgIpc) is 2.38. The summed E-state index contributed by atoms with van der Waals surface area (Å²) in [6.07, 6.45) is 1.48. The molecule has 0 amide bonds. The summed E-state index contributed by atoms with van der Waals surface area (Å²) in [4.78, 5) is 12.7. The van der Waals surface area contributed by atoms with E-state index in [9.17, 15) is 15.0 Å².